The molecule has 0 saturated carbocycles. The predicted molar refractivity (Wildman–Crippen MR) is 163 cm³/mol. The largest absolute Gasteiger partial charge is 0.372 e. The van der Waals surface area contributed by atoms with Gasteiger partial charge in [0.1, 0.15) is 6.10 Å². The lowest BCUT2D eigenvalue weighted by atomic mass is 10.1. The van der Waals surface area contributed by atoms with Crippen LogP contribution in [0.25, 0.3) is 0 Å². The maximum absolute atomic E-state index is 10.6. The van der Waals surface area contributed by atoms with Crippen LogP contribution in [0, 0.1) is 0 Å². The molecular weight excluding hydrogens is 514 g/mol. The zero-order valence-corrected chi connectivity index (χ0v) is 26.8. The number of nitrogens with one attached hydrogen (secondary N) is 1. The average Bonchev–Trinajstić information content (AvgIpc) is 2.82. The Balaban J connectivity index is 0. The van der Waals surface area contributed by atoms with E-state index >= 15 is 0 Å². The molecule has 0 spiro atoms. The monoisotopic (exact) mass is 579 g/mol. The second kappa shape index (κ2) is 28.3. The molecular formula is C31H66BrNO3. The van der Waals surface area contributed by atoms with Gasteiger partial charge in [-0.15, -0.1) is 17.0 Å². The molecule has 0 fully saturated rings. The normalized spacial score (nSPS) is 13.5. The van der Waals surface area contributed by atoms with Gasteiger partial charge in [-0.1, -0.05) is 129 Å². The highest BCUT2D eigenvalue weighted by Gasteiger charge is 2.22. The fourth-order valence-electron chi connectivity index (χ4n) is 4.37. The Bertz CT molecular complexity index is 417. The van der Waals surface area contributed by atoms with Crippen molar-refractivity contribution in [2.45, 2.75) is 181 Å². The first-order chi connectivity index (χ1) is 16.9. The van der Waals surface area contributed by atoms with Crippen molar-refractivity contribution >= 4 is 17.0 Å². The lowest BCUT2D eigenvalue weighted by Crippen LogP contribution is -2.46. The van der Waals surface area contributed by atoms with Crippen molar-refractivity contribution in [3.8, 4) is 0 Å². The number of unbranched alkanes of at least 4 members (excludes halogenated alkanes) is 18. The fourth-order valence-corrected chi connectivity index (χ4v) is 4.37. The van der Waals surface area contributed by atoms with Gasteiger partial charge in [-0.05, 0) is 33.6 Å². The summed E-state index contributed by atoms with van der Waals surface area (Å²) < 4.78 is 11.9. The van der Waals surface area contributed by atoms with Crippen LogP contribution in [0.5, 0.6) is 0 Å². The first-order valence-corrected chi connectivity index (χ1v) is 15.6. The number of hydrogen-bond acceptors (Lipinski definition) is 4. The summed E-state index contributed by atoms with van der Waals surface area (Å²) in [6, 6.07) is 0. The second-order valence-corrected chi connectivity index (χ2v) is 11.7. The van der Waals surface area contributed by atoms with E-state index in [2.05, 4.69) is 39.9 Å². The minimum absolute atomic E-state index is 0. The highest BCUT2D eigenvalue weighted by molar-refractivity contribution is 8.93. The number of aliphatic hydroxyl groups is 1. The van der Waals surface area contributed by atoms with Crippen LogP contribution in [0.4, 0.5) is 0 Å². The summed E-state index contributed by atoms with van der Waals surface area (Å²) in [7, 11) is 0. The fraction of sp³-hybridized carbons (Fsp3) is 1.00. The smallest absolute Gasteiger partial charge is 0.182 e. The van der Waals surface area contributed by atoms with Crippen molar-refractivity contribution in [2.75, 3.05) is 19.8 Å². The highest BCUT2D eigenvalue weighted by Crippen LogP contribution is 2.13. The maximum Gasteiger partial charge on any atom is 0.182 e. The topological polar surface area (TPSA) is 50.7 Å². The minimum atomic E-state index is -0.855. The SMILES string of the molecule is Br.CCCCCCCCCCCCOC(O)C(CNC(C)(C)C)OCCCCCCCCCCCC. The van der Waals surface area contributed by atoms with Crippen LogP contribution >= 0.6 is 17.0 Å². The molecule has 2 atom stereocenters. The van der Waals surface area contributed by atoms with Gasteiger partial charge >= 0.3 is 0 Å². The van der Waals surface area contributed by atoms with Crippen LogP contribution < -0.4 is 5.32 Å². The van der Waals surface area contributed by atoms with Crippen LogP contribution in [0.2, 0.25) is 0 Å². The quantitative estimate of drug-likeness (QED) is 0.0750. The van der Waals surface area contributed by atoms with Gasteiger partial charge in [0.2, 0.25) is 0 Å². The Labute approximate surface area is 237 Å². The van der Waals surface area contributed by atoms with Crippen LogP contribution in [-0.4, -0.2) is 42.8 Å². The number of ether oxygens (including phenoxy) is 2. The van der Waals surface area contributed by atoms with Crippen molar-refractivity contribution in [3.05, 3.63) is 0 Å². The molecule has 36 heavy (non-hydrogen) atoms. The Hall–Kier alpha value is 0.320. The Morgan fingerprint density at radius 2 is 0.889 bits per heavy atom. The van der Waals surface area contributed by atoms with Crippen molar-refractivity contribution < 1.29 is 14.6 Å². The molecule has 2 unspecified atom stereocenters. The van der Waals surface area contributed by atoms with Gasteiger partial charge in [0.05, 0.1) is 0 Å². The average molecular weight is 581 g/mol. The standard InChI is InChI=1S/C31H65NO3.BrH/c1-6-8-10-12-14-16-18-20-22-24-26-34-29(28-32-31(3,4)5)30(33)35-27-25-23-21-19-17-15-13-11-9-7-2;/h29-30,32-33H,6-28H2,1-5H3;1H. The zero-order valence-electron chi connectivity index (χ0n) is 25.1. The van der Waals surface area contributed by atoms with Gasteiger partial charge in [0.25, 0.3) is 0 Å². The van der Waals surface area contributed by atoms with E-state index in [-0.39, 0.29) is 28.6 Å². The molecule has 4 nitrogen and oxygen atoms in total. The van der Waals surface area contributed by atoms with Crippen LogP contribution in [0.1, 0.15) is 163 Å². The molecule has 0 rings (SSSR count). The molecule has 0 heterocycles. The van der Waals surface area contributed by atoms with Crippen molar-refractivity contribution in [2.24, 2.45) is 0 Å². The molecule has 0 bridgehead atoms. The first-order valence-electron chi connectivity index (χ1n) is 15.6. The van der Waals surface area contributed by atoms with Gasteiger partial charge in [0, 0.05) is 25.3 Å². The molecule has 0 amide bonds. The molecule has 2 N–H and O–H groups in total. The molecule has 0 aliphatic rings. The number of rotatable bonds is 27. The van der Waals surface area contributed by atoms with Gasteiger partial charge in [-0.2, -0.15) is 0 Å². The number of aliphatic hydroxyl groups excluding tert-OH is 1. The van der Waals surface area contributed by atoms with Gasteiger partial charge in [-0.25, -0.2) is 0 Å². The van der Waals surface area contributed by atoms with E-state index in [1.54, 1.807) is 0 Å². The molecule has 0 aromatic heterocycles. The second-order valence-electron chi connectivity index (χ2n) is 11.7. The van der Waals surface area contributed by atoms with Gasteiger partial charge in [-0.3, -0.25) is 0 Å². The van der Waals surface area contributed by atoms with Crippen LogP contribution in [0.15, 0.2) is 0 Å². The summed E-state index contributed by atoms with van der Waals surface area (Å²) in [6.07, 6.45) is 25.1. The predicted octanol–water partition coefficient (Wildman–Crippen LogP) is 9.51. The van der Waals surface area contributed by atoms with E-state index in [1.807, 2.05) is 0 Å². The molecule has 220 valence electrons. The van der Waals surface area contributed by atoms with E-state index < -0.39 is 6.29 Å². The van der Waals surface area contributed by atoms with E-state index in [9.17, 15) is 5.11 Å². The van der Waals surface area contributed by atoms with Crippen LogP contribution in [0.3, 0.4) is 0 Å². The highest BCUT2D eigenvalue weighted by atomic mass is 79.9. The molecule has 0 aromatic carbocycles. The van der Waals surface area contributed by atoms with Gasteiger partial charge in [0.15, 0.2) is 6.29 Å². The van der Waals surface area contributed by atoms with E-state index in [0.717, 1.165) is 12.8 Å². The van der Waals surface area contributed by atoms with Crippen molar-refractivity contribution in [1.82, 2.24) is 5.32 Å². The lowest BCUT2D eigenvalue weighted by Gasteiger charge is -2.28. The van der Waals surface area contributed by atoms with Gasteiger partial charge < -0.3 is 19.9 Å². The third-order valence-corrected chi connectivity index (χ3v) is 6.77. The summed E-state index contributed by atoms with van der Waals surface area (Å²) in [5, 5.41) is 14.1. The van der Waals surface area contributed by atoms with Crippen molar-refractivity contribution in [3.63, 3.8) is 0 Å². The molecule has 0 radical (unpaired) electrons. The molecule has 0 aromatic rings. The Morgan fingerprint density at radius 3 is 1.25 bits per heavy atom. The van der Waals surface area contributed by atoms with E-state index in [0.29, 0.717) is 19.8 Å². The number of halogens is 1. The van der Waals surface area contributed by atoms with Crippen LogP contribution in [-0.2, 0) is 9.47 Å². The lowest BCUT2D eigenvalue weighted by molar-refractivity contribution is -0.178. The zero-order chi connectivity index (χ0) is 26.0. The maximum atomic E-state index is 10.6. The van der Waals surface area contributed by atoms with E-state index in [1.165, 1.54) is 116 Å². The number of hydrogen-bond donors (Lipinski definition) is 2. The summed E-state index contributed by atoms with van der Waals surface area (Å²) in [4.78, 5) is 0. The summed E-state index contributed by atoms with van der Waals surface area (Å²) in [5.74, 6) is 0. The van der Waals surface area contributed by atoms with E-state index in [4.69, 9.17) is 9.47 Å². The molecule has 0 saturated heterocycles. The Kier molecular flexibility index (Phi) is 30.3. The molecule has 0 aliphatic carbocycles. The third kappa shape index (κ3) is 28.9. The third-order valence-electron chi connectivity index (χ3n) is 6.77. The summed E-state index contributed by atoms with van der Waals surface area (Å²) in [5.41, 5.74) is -0.00496. The molecule has 5 heteroatoms. The first kappa shape index (κ1) is 38.5. The van der Waals surface area contributed by atoms with Crippen molar-refractivity contribution in [1.29, 1.82) is 0 Å². The summed E-state index contributed by atoms with van der Waals surface area (Å²) >= 11 is 0. The molecule has 0 aliphatic heterocycles. The minimum Gasteiger partial charge on any atom is -0.372 e. The summed E-state index contributed by atoms with van der Waals surface area (Å²) in [6.45, 7) is 12.9. The Morgan fingerprint density at radius 1 is 0.556 bits per heavy atom.